The number of benzene rings is 1. The largest absolute Gasteiger partial charge is 0.354 e. The summed E-state index contributed by atoms with van der Waals surface area (Å²) in [5.74, 6) is 0.0759. The van der Waals surface area contributed by atoms with Crippen LogP contribution in [0.4, 0.5) is 0 Å². The minimum atomic E-state index is -0.480. The van der Waals surface area contributed by atoms with E-state index < -0.39 is 5.41 Å². The summed E-state index contributed by atoms with van der Waals surface area (Å²) in [6, 6.07) is 9.89. The first-order valence-corrected chi connectivity index (χ1v) is 6.63. The summed E-state index contributed by atoms with van der Waals surface area (Å²) in [6.45, 7) is 8.54. The van der Waals surface area contributed by atoms with E-state index in [4.69, 9.17) is 0 Å². The van der Waals surface area contributed by atoms with Crippen LogP contribution in [-0.4, -0.2) is 25.5 Å². The van der Waals surface area contributed by atoms with Crippen LogP contribution in [-0.2, 0) is 10.2 Å². The Morgan fingerprint density at radius 3 is 2.39 bits per heavy atom. The van der Waals surface area contributed by atoms with Crippen LogP contribution in [0, 0.1) is 0 Å². The van der Waals surface area contributed by atoms with Gasteiger partial charge >= 0.3 is 0 Å². The third-order valence-electron chi connectivity index (χ3n) is 3.08. The van der Waals surface area contributed by atoms with E-state index in [0.29, 0.717) is 6.54 Å². The summed E-state index contributed by atoms with van der Waals surface area (Å²) in [5, 5.41) is 6.25. The Bertz CT molecular complexity index is 360. The van der Waals surface area contributed by atoms with Gasteiger partial charge in [-0.25, -0.2) is 0 Å². The number of hydrogen-bond acceptors (Lipinski definition) is 2. The molecular formula is C15H24N2O. The number of carbonyl (C=O) groups is 1. The highest BCUT2D eigenvalue weighted by Gasteiger charge is 2.28. The first-order chi connectivity index (χ1) is 8.59. The maximum absolute atomic E-state index is 12.2. The van der Waals surface area contributed by atoms with E-state index in [1.165, 1.54) is 0 Å². The Balaban J connectivity index is 2.45. The molecular weight excluding hydrogens is 224 g/mol. The average molecular weight is 248 g/mol. The number of amides is 1. The molecule has 0 aliphatic rings. The van der Waals surface area contributed by atoms with E-state index in [0.717, 1.165) is 25.1 Å². The van der Waals surface area contributed by atoms with Crippen molar-refractivity contribution in [1.29, 1.82) is 0 Å². The van der Waals surface area contributed by atoms with Crippen LogP contribution in [0.1, 0.15) is 32.8 Å². The zero-order chi connectivity index (χ0) is 13.4. The molecule has 0 aliphatic carbocycles. The third kappa shape index (κ3) is 4.15. The lowest BCUT2D eigenvalue weighted by atomic mass is 9.84. The molecule has 2 N–H and O–H groups in total. The van der Waals surface area contributed by atoms with Crippen molar-refractivity contribution in [3.63, 3.8) is 0 Å². The Morgan fingerprint density at radius 2 is 1.78 bits per heavy atom. The van der Waals surface area contributed by atoms with Crippen molar-refractivity contribution in [2.24, 2.45) is 0 Å². The number of rotatable bonds is 7. The second kappa shape index (κ2) is 7.17. The van der Waals surface area contributed by atoms with Crippen LogP contribution in [0.2, 0.25) is 0 Å². The van der Waals surface area contributed by atoms with Gasteiger partial charge in [0.15, 0.2) is 0 Å². The zero-order valence-electron chi connectivity index (χ0n) is 11.6. The first kappa shape index (κ1) is 14.7. The van der Waals surface area contributed by atoms with E-state index in [2.05, 4.69) is 17.6 Å². The Labute approximate surface area is 110 Å². The molecule has 0 radical (unpaired) electrons. The van der Waals surface area contributed by atoms with Gasteiger partial charge in [0.2, 0.25) is 5.91 Å². The summed E-state index contributed by atoms with van der Waals surface area (Å²) in [6.07, 6.45) is 1.11. The van der Waals surface area contributed by atoms with Crippen molar-refractivity contribution < 1.29 is 4.79 Å². The Hall–Kier alpha value is -1.35. The third-order valence-corrected chi connectivity index (χ3v) is 3.08. The van der Waals surface area contributed by atoms with Crippen molar-refractivity contribution in [3.05, 3.63) is 35.9 Å². The second-order valence-electron chi connectivity index (χ2n) is 5.00. The van der Waals surface area contributed by atoms with Crippen LogP contribution in [0.5, 0.6) is 0 Å². The van der Waals surface area contributed by atoms with Gasteiger partial charge in [0.05, 0.1) is 5.41 Å². The van der Waals surface area contributed by atoms with Crippen molar-refractivity contribution in [1.82, 2.24) is 10.6 Å². The Morgan fingerprint density at radius 1 is 1.11 bits per heavy atom. The molecule has 0 spiro atoms. The first-order valence-electron chi connectivity index (χ1n) is 6.63. The molecule has 0 heterocycles. The molecule has 0 saturated carbocycles. The van der Waals surface area contributed by atoms with Gasteiger partial charge in [0, 0.05) is 13.1 Å². The van der Waals surface area contributed by atoms with Crippen LogP contribution in [0.3, 0.4) is 0 Å². The molecule has 0 aromatic heterocycles. The standard InChI is InChI=1S/C15H24N2O/c1-4-10-16-11-12-17-14(18)15(2,3)13-8-6-5-7-9-13/h5-9,16H,4,10-12H2,1-3H3,(H,17,18). The van der Waals surface area contributed by atoms with Gasteiger partial charge in [-0.05, 0) is 32.4 Å². The fourth-order valence-corrected chi connectivity index (χ4v) is 1.77. The predicted octanol–water partition coefficient (Wildman–Crippen LogP) is 2.08. The van der Waals surface area contributed by atoms with Gasteiger partial charge in [-0.2, -0.15) is 0 Å². The zero-order valence-corrected chi connectivity index (χ0v) is 11.6. The molecule has 0 fully saturated rings. The number of hydrogen-bond donors (Lipinski definition) is 2. The minimum absolute atomic E-state index is 0.0759. The van der Waals surface area contributed by atoms with Gasteiger partial charge in [-0.1, -0.05) is 37.3 Å². The van der Waals surface area contributed by atoms with Crippen LogP contribution >= 0.6 is 0 Å². The maximum Gasteiger partial charge on any atom is 0.230 e. The molecule has 0 unspecified atom stereocenters. The second-order valence-corrected chi connectivity index (χ2v) is 5.00. The van der Waals surface area contributed by atoms with E-state index in [9.17, 15) is 4.79 Å². The molecule has 1 aromatic carbocycles. The van der Waals surface area contributed by atoms with Crippen molar-refractivity contribution in [2.45, 2.75) is 32.6 Å². The minimum Gasteiger partial charge on any atom is -0.354 e. The molecule has 18 heavy (non-hydrogen) atoms. The lowest BCUT2D eigenvalue weighted by Gasteiger charge is -2.24. The number of nitrogens with one attached hydrogen (secondary N) is 2. The molecule has 3 heteroatoms. The van der Waals surface area contributed by atoms with E-state index in [1.54, 1.807) is 0 Å². The molecule has 0 bridgehead atoms. The van der Waals surface area contributed by atoms with E-state index in [1.807, 2.05) is 44.2 Å². The van der Waals surface area contributed by atoms with Gasteiger partial charge < -0.3 is 10.6 Å². The lowest BCUT2D eigenvalue weighted by Crippen LogP contribution is -2.42. The van der Waals surface area contributed by atoms with Crippen LogP contribution in [0.15, 0.2) is 30.3 Å². The topological polar surface area (TPSA) is 41.1 Å². The molecule has 0 saturated heterocycles. The molecule has 1 amide bonds. The smallest absolute Gasteiger partial charge is 0.230 e. The summed E-state index contributed by atoms with van der Waals surface area (Å²) < 4.78 is 0. The van der Waals surface area contributed by atoms with Gasteiger partial charge in [0.1, 0.15) is 0 Å². The predicted molar refractivity (Wildman–Crippen MR) is 75.6 cm³/mol. The van der Waals surface area contributed by atoms with Crippen molar-refractivity contribution >= 4 is 5.91 Å². The Kier molecular flexibility index (Phi) is 5.86. The van der Waals surface area contributed by atoms with Crippen LogP contribution < -0.4 is 10.6 Å². The quantitative estimate of drug-likeness (QED) is 0.725. The summed E-state index contributed by atoms with van der Waals surface area (Å²) in [4.78, 5) is 12.2. The van der Waals surface area contributed by atoms with Gasteiger partial charge in [-0.15, -0.1) is 0 Å². The molecule has 3 nitrogen and oxygen atoms in total. The fourth-order valence-electron chi connectivity index (χ4n) is 1.77. The molecule has 0 aliphatic heterocycles. The summed E-state index contributed by atoms with van der Waals surface area (Å²) in [5.41, 5.74) is 0.565. The maximum atomic E-state index is 12.2. The van der Waals surface area contributed by atoms with Gasteiger partial charge in [-0.3, -0.25) is 4.79 Å². The fraction of sp³-hybridized carbons (Fsp3) is 0.533. The highest BCUT2D eigenvalue weighted by Crippen LogP contribution is 2.22. The summed E-state index contributed by atoms with van der Waals surface area (Å²) >= 11 is 0. The molecule has 1 rings (SSSR count). The monoisotopic (exact) mass is 248 g/mol. The number of carbonyl (C=O) groups excluding carboxylic acids is 1. The van der Waals surface area contributed by atoms with Crippen LogP contribution in [0.25, 0.3) is 0 Å². The van der Waals surface area contributed by atoms with Crippen molar-refractivity contribution in [3.8, 4) is 0 Å². The van der Waals surface area contributed by atoms with E-state index >= 15 is 0 Å². The van der Waals surface area contributed by atoms with E-state index in [-0.39, 0.29) is 5.91 Å². The highest BCUT2D eigenvalue weighted by atomic mass is 16.2. The highest BCUT2D eigenvalue weighted by molar-refractivity contribution is 5.87. The average Bonchev–Trinajstić information content (AvgIpc) is 2.39. The molecule has 1 aromatic rings. The molecule has 100 valence electrons. The SMILES string of the molecule is CCCNCCNC(=O)C(C)(C)c1ccccc1. The lowest BCUT2D eigenvalue weighted by molar-refractivity contribution is -0.125. The van der Waals surface area contributed by atoms with Crippen molar-refractivity contribution in [2.75, 3.05) is 19.6 Å². The molecule has 0 atom stereocenters. The normalized spacial score (nSPS) is 11.3. The van der Waals surface area contributed by atoms with Gasteiger partial charge in [0.25, 0.3) is 0 Å². The summed E-state index contributed by atoms with van der Waals surface area (Å²) in [7, 11) is 0.